The highest BCUT2D eigenvalue weighted by molar-refractivity contribution is 7.73. The second-order valence-electron chi connectivity index (χ2n) is 17.8. The van der Waals surface area contributed by atoms with Crippen molar-refractivity contribution in [1.29, 1.82) is 0 Å². The molecule has 0 radical (unpaired) electrons. The summed E-state index contributed by atoms with van der Waals surface area (Å²) in [6.45, 7) is 0. The van der Waals surface area contributed by atoms with Crippen LogP contribution in [-0.4, -0.2) is 0 Å². The highest BCUT2D eigenvalue weighted by atomic mass is 31.2. The van der Waals surface area contributed by atoms with Crippen molar-refractivity contribution < 1.29 is 9.79 Å². The fourth-order valence-electron chi connectivity index (χ4n) is 9.17. The predicted molar refractivity (Wildman–Crippen MR) is 292 cm³/mol. The van der Waals surface area contributed by atoms with E-state index in [-0.39, 0.29) is 6.16 Å². The van der Waals surface area contributed by atoms with E-state index in [1.807, 2.05) is 18.2 Å². The molecule has 0 saturated heterocycles. The van der Waals surface area contributed by atoms with Gasteiger partial charge in [0.25, 0.3) is 0 Å². The maximum absolute atomic E-state index is 10.2. The van der Waals surface area contributed by atoms with Crippen LogP contribution < -0.4 is 9.79 Å². The van der Waals surface area contributed by atoms with Crippen molar-refractivity contribution in [3.05, 3.63) is 323 Å². The number of rotatable bonds is 18. The minimum absolute atomic E-state index is 0.149. The lowest BCUT2D eigenvalue weighted by molar-refractivity contribution is -0.292. The second-order valence-corrected chi connectivity index (χ2v) is 26.7. The van der Waals surface area contributed by atoms with E-state index in [2.05, 4.69) is 243 Å². The summed E-state index contributed by atoms with van der Waals surface area (Å²) in [7, 11) is -5.04. The molecule has 2 nitrogen and oxygen atoms in total. The fraction of sp³-hybridized carbons (Fsp3) is 0.143. The summed E-state index contributed by atoms with van der Waals surface area (Å²) < 4.78 is 0. The Morgan fingerprint density at radius 3 is 0.471 bits per heavy atom. The van der Waals surface area contributed by atoms with E-state index in [0.29, 0.717) is 0 Å². The summed E-state index contributed by atoms with van der Waals surface area (Å²) in [5.74, 6) is 0. The molecule has 0 amide bonds. The first-order chi connectivity index (χ1) is 33.4. The molecule has 0 aliphatic carbocycles. The first-order valence-corrected chi connectivity index (χ1v) is 30.0. The maximum atomic E-state index is 10.2. The molecule has 9 aromatic carbocycles. The Morgan fingerprint density at radius 1 is 0.206 bits per heavy atom. The monoisotopic (exact) mass is 944 g/mol. The number of hydrogen-bond acceptors (Lipinski definition) is 2. The highest BCUT2D eigenvalue weighted by Crippen LogP contribution is 2.69. The summed E-state index contributed by atoms with van der Waals surface area (Å²) in [6, 6.07) is 97.7. The van der Waals surface area contributed by atoms with Crippen LogP contribution in [0.15, 0.2) is 273 Å². The van der Waals surface area contributed by atoms with Crippen molar-refractivity contribution in [3.8, 4) is 0 Å². The van der Waals surface area contributed by atoms with Crippen LogP contribution >= 0.6 is 22.9 Å². The molecule has 0 aromatic heterocycles. The molecule has 0 heterocycles. The highest BCUT2D eigenvalue weighted by Gasteiger charge is 2.40. The topological polar surface area (TPSA) is 46.1 Å². The van der Waals surface area contributed by atoms with Gasteiger partial charge in [0.15, 0.2) is 0 Å². The van der Waals surface area contributed by atoms with E-state index in [4.69, 9.17) is 0 Å². The van der Waals surface area contributed by atoms with E-state index in [1.165, 1.54) is 93.8 Å². The number of hydrogen-bond donors (Lipinski definition) is 0. The van der Waals surface area contributed by atoms with Crippen LogP contribution in [0.5, 0.6) is 0 Å². The molecule has 0 spiro atoms. The van der Waals surface area contributed by atoms with E-state index in [9.17, 15) is 9.79 Å². The normalized spacial score (nSPS) is 11.2. The van der Waals surface area contributed by atoms with Crippen molar-refractivity contribution in [2.75, 3.05) is 0 Å². The zero-order chi connectivity index (χ0) is 47.0. The molecule has 342 valence electrons. The molecule has 5 heteroatoms. The maximum Gasteiger partial charge on any atom is 0.0852 e. The third-order valence-corrected chi connectivity index (χ3v) is 21.0. The Morgan fingerprint density at radius 2 is 0.338 bits per heavy atom. The van der Waals surface area contributed by atoms with Crippen molar-refractivity contribution >= 4 is 22.9 Å². The van der Waals surface area contributed by atoms with Crippen molar-refractivity contribution in [2.45, 2.75) is 55.5 Å². The van der Waals surface area contributed by atoms with Gasteiger partial charge in [-0.05, 0) is 56.2 Å². The molecule has 0 N–H and O–H groups in total. The van der Waals surface area contributed by atoms with Gasteiger partial charge in [0.2, 0.25) is 0 Å². The van der Waals surface area contributed by atoms with Crippen LogP contribution in [0, 0.1) is 0 Å². The molecule has 0 saturated carbocycles. The summed E-state index contributed by atoms with van der Waals surface area (Å²) in [5, 5.41) is 0. The third-order valence-electron chi connectivity index (χ3n) is 12.0. The van der Waals surface area contributed by atoms with Gasteiger partial charge in [-0.3, -0.25) is 0 Å². The smallest absolute Gasteiger partial charge is 0.0852 e. The number of benzene rings is 9. The zero-order valence-electron chi connectivity index (χ0n) is 39.0. The van der Waals surface area contributed by atoms with Crippen LogP contribution in [0.3, 0.4) is 0 Å². The Kier molecular flexibility index (Phi) is 20.1. The minimum Gasteiger partial charge on any atom is -0.841 e. The molecule has 9 aromatic rings. The molecule has 0 aliphatic heterocycles. The van der Waals surface area contributed by atoms with E-state index in [1.54, 1.807) is 12.1 Å². The van der Waals surface area contributed by atoms with Gasteiger partial charge in [0.1, 0.15) is 0 Å². The predicted octanol–water partition coefficient (Wildman–Crippen LogP) is 15.8. The quantitative estimate of drug-likeness (QED) is 0.0805. The Bertz CT molecular complexity index is 2180. The average molecular weight is 945 g/mol. The van der Waals surface area contributed by atoms with Gasteiger partial charge < -0.3 is 18.2 Å². The SMILES string of the molecule is [O-]P([O-])Cc1ccccc1.c1ccc(C[P+](Cc2ccccc2)(Cc2ccccc2)Cc2ccccc2)cc1.c1ccc(C[P+](Cc2ccccc2)(Cc2ccccc2)Cc2ccccc2)cc1. The third kappa shape index (κ3) is 17.4. The van der Waals surface area contributed by atoms with E-state index in [0.717, 1.165) is 5.56 Å². The first kappa shape index (κ1) is 50.1. The molecular weight excluding hydrogens is 882 g/mol. The van der Waals surface area contributed by atoms with Crippen LogP contribution in [0.2, 0.25) is 0 Å². The summed E-state index contributed by atoms with van der Waals surface area (Å²) >= 11 is 0. The Balaban J connectivity index is 0.000000168. The lowest BCUT2D eigenvalue weighted by Gasteiger charge is -2.30. The van der Waals surface area contributed by atoms with Gasteiger partial charge in [0.05, 0.1) is 49.3 Å². The van der Waals surface area contributed by atoms with Crippen molar-refractivity contribution in [1.82, 2.24) is 0 Å². The summed E-state index contributed by atoms with van der Waals surface area (Å²) in [4.78, 5) is 20.4. The van der Waals surface area contributed by atoms with Gasteiger partial charge in [-0.2, -0.15) is 0 Å². The lowest BCUT2D eigenvalue weighted by Crippen LogP contribution is -2.09. The fourth-order valence-corrected chi connectivity index (χ4v) is 18.9. The van der Waals surface area contributed by atoms with Gasteiger partial charge in [-0.1, -0.05) is 273 Å². The van der Waals surface area contributed by atoms with Gasteiger partial charge in [-0.15, -0.1) is 0 Å². The average Bonchev–Trinajstić information content (AvgIpc) is 3.37. The lowest BCUT2D eigenvalue weighted by atomic mass is 10.2. The molecule has 0 bridgehead atoms. The van der Waals surface area contributed by atoms with E-state index >= 15 is 0 Å². The minimum atomic E-state index is -2.28. The molecule has 0 atom stereocenters. The Hall–Kier alpha value is -5.81. The molecule has 0 aliphatic rings. The van der Waals surface area contributed by atoms with Gasteiger partial charge in [-0.25, -0.2) is 0 Å². The molecule has 9 rings (SSSR count). The molecule has 68 heavy (non-hydrogen) atoms. The van der Waals surface area contributed by atoms with Gasteiger partial charge >= 0.3 is 0 Å². The van der Waals surface area contributed by atoms with Crippen LogP contribution in [-0.2, 0) is 55.5 Å². The summed E-state index contributed by atoms with van der Waals surface area (Å²) in [6.07, 6.45) is 9.53. The standard InChI is InChI=1S/2C28H28P.C7H7O2P/c2*1-5-13-25(14-6-1)21-29(22-26-15-7-2-8-16-26,23-27-17-9-3-10-18-27)24-28-19-11-4-12-20-28;8-10(9)6-7-4-2-1-3-5-7/h2*1-20H,21-24H2;1-5H,6H2/q2*+1;-2. The van der Waals surface area contributed by atoms with Crippen LogP contribution in [0.1, 0.15) is 50.1 Å². The molecule has 0 fully saturated rings. The summed E-state index contributed by atoms with van der Waals surface area (Å²) in [5.41, 5.74) is 12.5. The van der Waals surface area contributed by atoms with Crippen molar-refractivity contribution in [2.24, 2.45) is 0 Å². The second kappa shape index (κ2) is 27.3. The molecular formula is C63H63O2P3. The van der Waals surface area contributed by atoms with Crippen LogP contribution in [0.25, 0.3) is 0 Å². The van der Waals surface area contributed by atoms with E-state index < -0.39 is 22.9 Å². The van der Waals surface area contributed by atoms with Crippen LogP contribution in [0.4, 0.5) is 0 Å². The molecule has 0 unspecified atom stereocenters. The largest absolute Gasteiger partial charge is 0.841 e. The van der Waals surface area contributed by atoms with Crippen molar-refractivity contribution in [3.63, 3.8) is 0 Å². The Labute approximate surface area is 409 Å². The zero-order valence-corrected chi connectivity index (χ0v) is 41.7. The first-order valence-electron chi connectivity index (χ1n) is 23.6. The van der Waals surface area contributed by atoms with Gasteiger partial charge in [0, 0.05) is 14.5 Å².